The third-order valence-electron chi connectivity index (χ3n) is 6.52. The van der Waals surface area contributed by atoms with Gasteiger partial charge in [-0.15, -0.1) is 0 Å². The molecule has 0 fully saturated rings. The molecule has 1 N–H and O–H groups in total. The highest BCUT2D eigenvalue weighted by Gasteiger charge is 2.33. The summed E-state index contributed by atoms with van der Waals surface area (Å²) in [6.07, 6.45) is 0.714. The average molecular weight is 591 g/mol. The Bertz CT molecular complexity index is 1420. The number of amides is 2. The third-order valence-corrected chi connectivity index (χ3v) is 8.88. The van der Waals surface area contributed by atoms with E-state index in [9.17, 15) is 18.0 Å². The number of carbonyl (C=O) groups excluding carboxylic acids is 2. The zero-order valence-corrected chi connectivity index (χ0v) is 24.7. The Labute approximate surface area is 240 Å². The number of rotatable bonds is 11. The Kier molecular flexibility index (Phi) is 10.4. The van der Waals surface area contributed by atoms with Crippen LogP contribution in [0.1, 0.15) is 38.3 Å². The van der Waals surface area contributed by atoms with Gasteiger partial charge in [-0.3, -0.25) is 13.9 Å². The molecule has 0 spiro atoms. The second kappa shape index (κ2) is 13.3. The van der Waals surface area contributed by atoms with Crippen molar-refractivity contribution in [2.24, 2.45) is 0 Å². The molecule has 0 aliphatic carbocycles. The molecule has 0 aromatic heterocycles. The third kappa shape index (κ3) is 7.53. The molecule has 3 aromatic rings. The molecule has 2 atom stereocenters. The lowest BCUT2D eigenvalue weighted by molar-refractivity contribution is -0.139. The van der Waals surface area contributed by atoms with Crippen molar-refractivity contribution in [3.63, 3.8) is 0 Å². The van der Waals surface area contributed by atoms with Gasteiger partial charge in [0.05, 0.1) is 10.6 Å². The van der Waals surface area contributed by atoms with Crippen molar-refractivity contribution in [2.45, 2.75) is 57.6 Å². The van der Waals surface area contributed by atoms with Gasteiger partial charge in [0.15, 0.2) is 0 Å². The lowest BCUT2D eigenvalue weighted by atomic mass is 10.1. The van der Waals surface area contributed by atoms with Crippen LogP contribution in [-0.4, -0.2) is 43.8 Å². The summed E-state index contributed by atoms with van der Waals surface area (Å²) in [4.78, 5) is 28.5. The van der Waals surface area contributed by atoms with Gasteiger partial charge in [0.2, 0.25) is 11.8 Å². The molecule has 39 heavy (non-hydrogen) atoms. The van der Waals surface area contributed by atoms with E-state index in [1.807, 2.05) is 13.8 Å². The minimum absolute atomic E-state index is 0.0169. The highest BCUT2D eigenvalue weighted by molar-refractivity contribution is 7.92. The standard InChI is InChI=1S/C29H33Cl2N3O4S/c1-5-21(3)32-29(36)22(4)33(18-23-15-16-24(30)17-26(23)31)28(35)19-34(27-14-10-9-11-20(27)2)39(37,38)25-12-7-6-8-13-25/h6-17,21-22H,5,18-19H2,1-4H3,(H,32,36)/t21-,22-/m1/s1. The fourth-order valence-corrected chi connectivity index (χ4v) is 5.93. The average Bonchev–Trinajstić information content (AvgIpc) is 2.91. The second-order valence-electron chi connectivity index (χ2n) is 9.36. The molecule has 0 bridgehead atoms. The van der Waals surface area contributed by atoms with Crippen LogP contribution in [-0.2, 0) is 26.2 Å². The van der Waals surface area contributed by atoms with E-state index in [-0.39, 0.29) is 23.4 Å². The van der Waals surface area contributed by atoms with Gasteiger partial charge >= 0.3 is 0 Å². The summed E-state index contributed by atoms with van der Waals surface area (Å²) in [6.45, 7) is 6.68. The van der Waals surface area contributed by atoms with Gasteiger partial charge in [-0.05, 0) is 68.7 Å². The number of hydrogen-bond donors (Lipinski definition) is 1. The fourth-order valence-electron chi connectivity index (χ4n) is 3.96. The van der Waals surface area contributed by atoms with Crippen LogP contribution >= 0.6 is 23.2 Å². The number of nitrogens with one attached hydrogen (secondary N) is 1. The number of nitrogens with zero attached hydrogens (tertiary/aromatic N) is 2. The van der Waals surface area contributed by atoms with E-state index in [4.69, 9.17) is 23.2 Å². The van der Waals surface area contributed by atoms with Crippen LogP contribution in [0.5, 0.6) is 0 Å². The molecule has 3 aromatic carbocycles. The Morgan fingerprint density at radius 2 is 1.59 bits per heavy atom. The molecule has 0 aliphatic rings. The van der Waals surface area contributed by atoms with Crippen molar-refractivity contribution < 1.29 is 18.0 Å². The van der Waals surface area contributed by atoms with E-state index >= 15 is 0 Å². The first-order valence-electron chi connectivity index (χ1n) is 12.6. The van der Waals surface area contributed by atoms with Crippen molar-refractivity contribution in [3.05, 3.63) is 94.0 Å². The summed E-state index contributed by atoms with van der Waals surface area (Å²) in [5.41, 5.74) is 1.63. The molecule has 0 aliphatic heterocycles. The molecule has 7 nitrogen and oxygen atoms in total. The number of aryl methyl sites for hydroxylation is 1. The summed E-state index contributed by atoms with van der Waals surface area (Å²) in [5, 5.41) is 3.68. The van der Waals surface area contributed by atoms with Crippen LogP contribution in [0.15, 0.2) is 77.7 Å². The van der Waals surface area contributed by atoms with Crippen molar-refractivity contribution in [2.75, 3.05) is 10.8 Å². The quantitative estimate of drug-likeness (QED) is 0.305. The van der Waals surface area contributed by atoms with Crippen LogP contribution < -0.4 is 9.62 Å². The first kappa shape index (κ1) is 30.5. The summed E-state index contributed by atoms with van der Waals surface area (Å²) >= 11 is 12.5. The maximum atomic E-state index is 14.0. The van der Waals surface area contributed by atoms with Crippen molar-refractivity contribution >= 4 is 50.7 Å². The smallest absolute Gasteiger partial charge is 0.264 e. The molecule has 0 saturated carbocycles. The molecule has 2 amide bonds. The molecule has 0 saturated heterocycles. The number of carbonyl (C=O) groups is 2. The highest BCUT2D eigenvalue weighted by Crippen LogP contribution is 2.28. The van der Waals surface area contributed by atoms with Gasteiger partial charge < -0.3 is 10.2 Å². The minimum Gasteiger partial charge on any atom is -0.352 e. The molecular weight excluding hydrogens is 557 g/mol. The van der Waals surface area contributed by atoms with Gasteiger partial charge in [-0.1, -0.05) is 72.6 Å². The topological polar surface area (TPSA) is 86.8 Å². The number of hydrogen-bond acceptors (Lipinski definition) is 4. The largest absolute Gasteiger partial charge is 0.352 e. The highest BCUT2D eigenvalue weighted by atomic mass is 35.5. The SMILES string of the molecule is CC[C@@H](C)NC(=O)[C@@H](C)N(Cc1ccc(Cl)cc1Cl)C(=O)CN(c1ccccc1C)S(=O)(=O)c1ccccc1. The van der Waals surface area contributed by atoms with E-state index < -0.39 is 28.5 Å². The summed E-state index contributed by atoms with van der Waals surface area (Å²) in [5.74, 6) is -0.910. The summed E-state index contributed by atoms with van der Waals surface area (Å²) in [7, 11) is -4.12. The number of para-hydroxylation sites is 1. The summed E-state index contributed by atoms with van der Waals surface area (Å²) in [6, 6.07) is 18.8. The lowest BCUT2D eigenvalue weighted by Crippen LogP contribution is -2.52. The molecule has 10 heteroatoms. The number of anilines is 1. The molecule has 0 heterocycles. The van der Waals surface area contributed by atoms with Crippen LogP contribution in [0.4, 0.5) is 5.69 Å². The Morgan fingerprint density at radius 1 is 0.949 bits per heavy atom. The molecular formula is C29H33Cl2N3O4S. The van der Waals surface area contributed by atoms with Gasteiger partial charge in [0.1, 0.15) is 12.6 Å². The molecule has 0 unspecified atom stereocenters. The molecule has 3 rings (SSSR count). The van der Waals surface area contributed by atoms with Gasteiger partial charge in [0.25, 0.3) is 10.0 Å². The van der Waals surface area contributed by atoms with Gasteiger partial charge in [-0.25, -0.2) is 8.42 Å². The lowest BCUT2D eigenvalue weighted by Gasteiger charge is -2.33. The second-order valence-corrected chi connectivity index (χ2v) is 12.1. The molecule has 208 valence electrons. The Morgan fingerprint density at radius 3 is 2.21 bits per heavy atom. The first-order chi connectivity index (χ1) is 18.4. The zero-order chi connectivity index (χ0) is 28.7. The van der Waals surface area contributed by atoms with E-state index in [1.165, 1.54) is 17.0 Å². The molecule has 0 radical (unpaired) electrons. The Hall–Kier alpha value is -3.07. The van der Waals surface area contributed by atoms with Crippen LogP contribution in [0.2, 0.25) is 10.0 Å². The number of sulfonamides is 1. The van der Waals surface area contributed by atoms with E-state index in [1.54, 1.807) is 74.5 Å². The normalized spacial score (nSPS) is 12.9. The van der Waals surface area contributed by atoms with Gasteiger partial charge in [-0.2, -0.15) is 0 Å². The predicted molar refractivity (Wildman–Crippen MR) is 157 cm³/mol. The van der Waals surface area contributed by atoms with Crippen LogP contribution in [0, 0.1) is 6.92 Å². The van der Waals surface area contributed by atoms with Crippen LogP contribution in [0.3, 0.4) is 0 Å². The van der Waals surface area contributed by atoms with E-state index in [0.717, 1.165) is 4.31 Å². The first-order valence-corrected chi connectivity index (χ1v) is 14.8. The van der Waals surface area contributed by atoms with E-state index in [0.29, 0.717) is 33.3 Å². The van der Waals surface area contributed by atoms with Crippen molar-refractivity contribution in [3.8, 4) is 0 Å². The maximum Gasteiger partial charge on any atom is 0.264 e. The Balaban J connectivity index is 2.05. The summed E-state index contributed by atoms with van der Waals surface area (Å²) < 4.78 is 28.7. The van der Waals surface area contributed by atoms with Crippen molar-refractivity contribution in [1.82, 2.24) is 10.2 Å². The fraction of sp³-hybridized carbons (Fsp3) is 0.310. The maximum absolute atomic E-state index is 14.0. The monoisotopic (exact) mass is 589 g/mol. The zero-order valence-electron chi connectivity index (χ0n) is 22.4. The number of benzene rings is 3. The minimum atomic E-state index is -4.12. The van der Waals surface area contributed by atoms with E-state index in [2.05, 4.69) is 5.32 Å². The van der Waals surface area contributed by atoms with Gasteiger partial charge in [0, 0.05) is 22.6 Å². The van der Waals surface area contributed by atoms with Crippen LogP contribution in [0.25, 0.3) is 0 Å². The predicted octanol–water partition coefficient (Wildman–Crippen LogP) is 5.83. The van der Waals surface area contributed by atoms with Crippen molar-refractivity contribution in [1.29, 1.82) is 0 Å². The number of halogens is 2.